The smallest absolute Gasteiger partial charge is 0.0320 e. The number of hydrogen-bond acceptors (Lipinski definition) is 2. The molecule has 0 bridgehead atoms. The van der Waals surface area contributed by atoms with Crippen LogP contribution < -0.4 is 5.73 Å². The lowest BCUT2D eigenvalue weighted by molar-refractivity contribution is 0.219. The summed E-state index contributed by atoms with van der Waals surface area (Å²) < 4.78 is 0. The summed E-state index contributed by atoms with van der Waals surface area (Å²) in [4.78, 5) is 2.50. The largest absolute Gasteiger partial charge is 0.399 e. The van der Waals surface area contributed by atoms with E-state index in [0.29, 0.717) is 6.04 Å². The Balaban J connectivity index is 2.70. The third-order valence-electron chi connectivity index (χ3n) is 3.15. The molecule has 1 rings (SSSR count). The number of nitrogen functional groups attached to an aromatic ring is 1. The molecule has 0 fully saturated rings. The average molecular weight is 220 g/mol. The minimum atomic E-state index is 0.458. The predicted molar refractivity (Wildman–Crippen MR) is 71.4 cm³/mol. The molecule has 2 nitrogen and oxygen atoms in total. The number of hydrogen-bond donors (Lipinski definition) is 1. The molecule has 1 aromatic carbocycles. The van der Waals surface area contributed by atoms with E-state index in [-0.39, 0.29) is 0 Å². The van der Waals surface area contributed by atoms with Gasteiger partial charge in [-0.1, -0.05) is 32.4 Å². The van der Waals surface area contributed by atoms with Gasteiger partial charge in [-0.05, 0) is 44.1 Å². The van der Waals surface area contributed by atoms with Gasteiger partial charge in [-0.25, -0.2) is 0 Å². The highest BCUT2D eigenvalue weighted by molar-refractivity contribution is 5.41. The molecule has 1 atom stereocenters. The normalized spacial score (nSPS) is 13.0. The second kappa shape index (κ2) is 6.54. The fraction of sp³-hybridized carbons (Fsp3) is 0.571. The first-order chi connectivity index (χ1) is 7.69. The molecular formula is C14H24N2. The zero-order chi connectivity index (χ0) is 12.0. The maximum Gasteiger partial charge on any atom is 0.0320 e. The summed E-state index contributed by atoms with van der Waals surface area (Å²) in [5, 5.41) is 0. The van der Waals surface area contributed by atoms with E-state index in [9.17, 15) is 0 Å². The van der Waals surface area contributed by atoms with Crippen LogP contribution in [0.2, 0.25) is 0 Å². The van der Waals surface area contributed by atoms with Crippen LogP contribution in [0.3, 0.4) is 0 Å². The van der Waals surface area contributed by atoms with Crippen LogP contribution in [0.5, 0.6) is 0 Å². The van der Waals surface area contributed by atoms with Crippen molar-refractivity contribution in [2.45, 2.75) is 39.7 Å². The van der Waals surface area contributed by atoms with Crippen LogP contribution in [0.15, 0.2) is 24.3 Å². The van der Waals surface area contributed by atoms with Crippen LogP contribution in [0.4, 0.5) is 5.69 Å². The second-order valence-corrected chi connectivity index (χ2v) is 4.33. The highest BCUT2D eigenvalue weighted by atomic mass is 15.1. The van der Waals surface area contributed by atoms with Gasteiger partial charge in [0.1, 0.15) is 0 Å². The number of nitrogens with two attached hydrogens (primary N) is 1. The van der Waals surface area contributed by atoms with Crippen LogP contribution >= 0.6 is 0 Å². The SMILES string of the molecule is CCCCN(CC)C(C)c1cccc(N)c1. The molecule has 0 aliphatic rings. The summed E-state index contributed by atoms with van der Waals surface area (Å²) in [6.45, 7) is 8.98. The first kappa shape index (κ1) is 13.0. The fourth-order valence-electron chi connectivity index (χ4n) is 2.02. The molecule has 0 saturated heterocycles. The van der Waals surface area contributed by atoms with Gasteiger partial charge in [0.05, 0.1) is 0 Å². The minimum Gasteiger partial charge on any atom is -0.399 e. The molecule has 2 N–H and O–H groups in total. The van der Waals surface area contributed by atoms with E-state index in [4.69, 9.17) is 5.73 Å². The van der Waals surface area contributed by atoms with Crippen molar-refractivity contribution in [1.82, 2.24) is 4.90 Å². The molecule has 1 unspecified atom stereocenters. The minimum absolute atomic E-state index is 0.458. The highest BCUT2D eigenvalue weighted by Crippen LogP contribution is 2.21. The Bertz CT molecular complexity index is 309. The van der Waals surface area contributed by atoms with E-state index in [1.165, 1.54) is 24.9 Å². The first-order valence-electron chi connectivity index (χ1n) is 6.28. The number of nitrogens with zero attached hydrogens (tertiary/aromatic N) is 1. The standard InChI is InChI=1S/C14H24N2/c1-4-6-10-16(5-2)12(3)13-8-7-9-14(15)11-13/h7-9,11-12H,4-6,10,15H2,1-3H3. The fourth-order valence-corrected chi connectivity index (χ4v) is 2.02. The van der Waals surface area contributed by atoms with Gasteiger partial charge in [0.25, 0.3) is 0 Å². The molecule has 90 valence electrons. The first-order valence-corrected chi connectivity index (χ1v) is 6.28. The Morgan fingerprint density at radius 1 is 1.31 bits per heavy atom. The molecular weight excluding hydrogens is 196 g/mol. The van der Waals surface area contributed by atoms with Crippen molar-refractivity contribution in [1.29, 1.82) is 0 Å². The quantitative estimate of drug-likeness (QED) is 0.744. The number of rotatable bonds is 6. The molecule has 2 heteroatoms. The Morgan fingerprint density at radius 3 is 2.62 bits per heavy atom. The summed E-state index contributed by atoms with van der Waals surface area (Å²) in [6, 6.07) is 8.68. The van der Waals surface area contributed by atoms with E-state index in [1.807, 2.05) is 12.1 Å². The van der Waals surface area contributed by atoms with E-state index >= 15 is 0 Å². The Labute approximate surface area is 99.5 Å². The van der Waals surface area contributed by atoms with Gasteiger partial charge in [0, 0.05) is 11.7 Å². The van der Waals surface area contributed by atoms with Crippen molar-refractivity contribution in [3.63, 3.8) is 0 Å². The topological polar surface area (TPSA) is 29.3 Å². The summed E-state index contributed by atoms with van der Waals surface area (Å²) in [6.07, 6.45) is 2.51. The molecule has 0 radical (unpaired) electrons. The highest BCUT2D eigenvalue weighted by Gasteiger charge is 2.13. The van der Waals surface area contributed by atoms with Crippen molar-refractivity contribution < 1.29 is 0 Å². The summed E-state index contributed by atoms with van der Waals surface area (Å²) in [5.41, 5.74) is 7.99. The van der Waals surface area contributed by atoms with Gasteiger partial charge in [-0.15, -0.1) is 0 Å². The van der Waals surface area contributed by atoms with E-state index < -0.39 is 0 Å². The molecule has 0 amide bonds. The monoisotopic (exact) mass is 220 g/mol. The summed E-state index contributed by atoms with van der Waals surface area (Å²) >= 11 is 0. The maximum absolute atomic E-state index is 5.82. The van der Waals surface area contributed by atoms with Gasteiger partial charge in [0.15, 0.2) is 0 Å². The van der Waals surface area contributed by atoms with Gasteiger partial charge >= 0.3 is 0 Å². The molecule has 0 heterocycles. The van der Waals surface area contributed by atoms with Crippen LogP contribution in [0.25, 0.3) is 0 Å². The number of anilines is 1. The maximum atomic E-state index is 5.82. The van der Waals surface area contributed by atoms with Crippen molar-refractivity contribution in [2.75, 3.05) is 18.8 Å². The van der Waals surface area contributed by atoms with Crippen LogP contribution in [-0.4, -0.2) is 18.0 Å². The average Bonchev–Trinajstić information content (AvgIpc) is 2.29. The second-order valence-electron chi connectivity index (χ2n) is 4.33. The third kappa shape index (κ3) is 3.53. The van der Waals surface area contributed by atoms with Crippen LogP contribution in [0.1, 0.15) is 45.2 Å². The molecule has 0 spiro atoms. The number of unbranched alkanes of at least 4 members (excludes halogenated alkanes) is 1. The predicted octanol–water partition coefficient (Wildman–Crippen LogP) is 3.45. The van der Waals surface area contributed by atoms with E-state index in [0.717, 1.165) is 12.2 Å². The van der Waals surface area contributed by atoms with Crippen molar-refractivity contribution in [3.05, 3.63) is 29.8 Å². The summed E-state index contributed by atoms with van der Waals surface area (Å²) in [5.74, 6) is 0. The molecule has 1 aromatic rings. The van der Waals surface area contributed by atoms with Crippen molar-refractivity contribution in [3.8, 4) is 0 Å². The van der Waals surface area contributed by atoms with Gasteiger partial charge < -0.3 is 5.73 Å². The van der Waals surface area contributed by atoms with Crippen molar-refractivity contribution >= 4 is 5.69 Å². The molecule has 0 aromatic heterocycles. The molecule has 16 heavy (non-hydrogen) atoms. The van der Waals surface area contributed by atoms with Gasteiger partial charge in [0.2, 0.25) is 0 Å². The molecule has 0 aliphatic heterocycles. The Kier molecular flexibility index (Phi) is 5.33. The Morgan fingerprint density at radius 2 is 2.06 bits per heavy atom. The zero-order valence-corrected chi connectivity index (χ0v) is 10.7. The number of benzene rings is 1. The lowest BCUT2D eigenvalue weighted by atomic mass is 10.1. The van der Waals surface area contributed by atoms with E-state index in [1.54, 1.807) is 0 Å². The summed E-state index contributed by atoms with van der Waals surface area (Å²) in [7, 11) is 0. The van der Waals surface area contributed by atoms with E-state index in [2.05, 4.69) is 37.8 Å². The lowest BCUT2D eigenvalue weighted by Gasteiger charge is -2.28. The van der Waals surface area contributed by atoms with Crippen LogP contribution in [-0.2, 0) is 0 Å². The lowest BCUT2D eigenvalue weighted by Crippen LogP contribution is -2.27. The third-order valence-corrected chi connectivity index (χ3v) is 3.15. The van der Waals surface area contributed by atoms with Crippen LogP contribution in [0, 0.1) is 0 Å². The Hall–Kier alpha value is -1.02. The molecule has 0 saturated carbocycles. The molecule has 0 aliphatic carbocycles. The van der Waals surface area contributed by atoms with Gasteiger partial charge in [-0.2, -0.15) is 0 Å². The van der Waals surface area contributed by atoms with Crippen molar-refractivity contribution in [2.24, 2.45) is 0 Å². The zero-order valence-electron chi connectivity index (χ0n) is 10.7. The van der Waals surface area contributed by atoms with Gasteiger partial charge in [-0.3, -0.25) is 4.90 Å².